The van der Waals surface area contributed by atoms with Gasteiger partial charge in [-0.1, -0.05) is 6.07 Å². The fraction of sp³-hybridized carbons (Fsp3) is 0.545. The molecule has 1 saturated heterocycles. The number of pyridine rings is 1. The molecular formula is C11H17N3O. The molecule has 15 heavy (non-hydrogen) atoms. The standard InChI is InChI=1S/C11H17N3O/c12-10(8-3-6-15-7-4-8)9-2-1-5-14-11(9)13/h1-2,5,8,10H,3-4,6-7,12H2,(H2,13,14)/t10-/m0/s1. The van der Waals surface area contributed by atoms with Crippen LogP contribution in [0.4, 0.5) is 5.82 Å². The number of rotatable bonds is 2. The minimum Gasteiger partial charge on any atom is -0.383 e. The molecule has 0 amide bonds. The van der Waals surface area contributed by atoms with E-state index in [1.165, 1.54) is 0 Å². The topological polar surface area (TPSA) is 74.2 Å². The molecule has 1 aromatic rings. The molecule has 2 heterocycles. The van der Waals surface area contributed by atoms with Crippen LogP contribution < -0.4 is 11.5 Å². The molecule has 1 fully saturated rings. The van der Waals surface area contributed by atoms with Gasteiger partial charge in [-0.05, 0) is 24.8 Å². The van der Waals surface area contributed by atoms with Crippen LogP contribution in [0.3, 0.4) is 0 Å². The van der Waals surface area contributed by atoms with Crippen molar-refractivity contribution in [3.05, 3.63) is 23.9 Å². The van der Waals surface area contributed by atoms with Crippen LogP contribution in [0.2, 0.25) is 0 Å². The lowest BCUT2D eigenvalue weighted by Crippen LogP contribution is -2.28. The van der Waals surface area contributed by atoms with Crippen LogP contribution in [0.25, 0.3) is 0 Å². The van der Waals surface area contributed by atoms with Crippen LogP contribution in [-0.4, -0.2) is 18.2 Å². The molecule has 2 rings (SSSR count). The van der Waals surface area contributed by atoms with Crippen LogP contribution in [0, 0.1) is 5.92 Å². The first-order chi connectivity index (χ1) is 7.29. The number of nitrogen functional groups attached to an aromatic ring is 1. The summed E-state index contributed by atoms with van der Waals surface area (Å²) >= 11 is 0. The van der Waals surface area contributed by atoms with Crippen molar-refractivity contribution in [1.82, 2.24) is 4.98 Å². The molecule has 1 aliphatic heterocycles. The van der Waals surface area contributed by atoms with E-state index in [0.717, 1.165) is 31.6 Å². The quantitative estimate of drug-likeness (QED) is 0.761. The molecule has 1 aromatic heterocycles. The molecule has 0 aromatic carbocycles. The predicted molar refractivity (Wildman–Crippen MR) is 59.1 cm³/mol. The van der Waals surface area contributed by atoms with Gasteiger partial charge in [0.05, 0.1) is 0 Å². The first kappa shape index (κ1) is 10.4. The van der Waals surface area contributed by atoms with Gasteiger partial charge in [-0.3, -0.25) is 0 Å². The molecule has 0 bridgehead atoms. The van der Waals surface area contributed by atoms with Crippen molar-refractivity contribution in [2.75, 3.05) is 18.9 Å². The van der Waals surface area contributed by atoms with Gasteiger partial charge in [0.15, 0.2) is 0 Å². The molecule has 4 nitrogen and oxygen atoms in total. The Hall–Kier alpha value is -1.13. The summed E-state index contributed by atoms with van der Waals surface area (Å²) in [6.45, 7) is 1.61. The fourth-order valence-electron chi connectivity index (χ4n) is 2.04. The first-order valence-corrected chi connectivity index (χ1v) is 5.33. The molecule has 1 aliphatic rings. The van der Waals surface area contributed by atoms with E-state index in [-0.39, 0.29) is 6.04 Å². The lowest BCUT2D eigenvalue weighted by atomic mass is 9.88. The monoisotopic (exact) mass is 207 g/mol. The number of hydrogen-bond donors (Lipinski definition) is 2. The van der Waals surface area contributed by atoms with Crippen molar-refractivity contribution in [3.63, 3.8) is 0 Å². The van der Waals surface area contributed by atoms with Crippen molar-refractivity contribution < 1.29 is 4.74 Å². The highest BCUT2D eigenvalue weighted by atomic mass is 16.5. The summed E-state index contributed by atoms with van der Waals surface area (Å²) in [5, 5.41) is 0. The van der Waals surface area contributed by atoms with Gasteiger partial charge in [-0.25, -0.2) is 4.98 Å². The van der Waals surface area contributed by atoms with Crippen molar-refractivity contribution in [1.29, 1.82) is 0 Å². The third kappa shape index (κ3) is 2.27. The van der Waals surface area contributed by atoms with Crippen LogP contribution in [0.5, 0.6) is 0 Å². The first-order valence-electron chi connectivity index (χ1n) is 5.33. The molecule has 1 atom stereocenters. The zero-order chi connectivity index (χ0) is 10.7. The average Bonchev–Trinajstić information content (AvgIpc) is 2.30. The molecule has 0 aliphatic carbocycles. The zero-order valence-corrected chi connectivity index (χ0v) is 8.73. The molecular weight excluding hydrogens is 190 g/mol. The van der Waals surface area contributed by atoms with E-state index in [2.05, 4.69) is 4.98 Å². The van der Waals surface area contributed by atoms with E-state index < -0.39 is 0 Å². The molecule has 0 saturated carbocycles. The Morgan fingerprint density at radius 2 is 2.13 bits per heavy atom. The highest BCUT2D eigenvalue weighted by Gasteiger charge is 2.23. The molecule has 0 spiro atoms. The van der Waals surface area contributed by atoms with Crippen molar-refractivity contribution in [3.8, 4) is 0 Å². The van der Waals surface area contributed by atoms with Gasteiger partial charge in [0.25, 0.3) is 0 Å². The highest BCUT2D eigenvalue weighted by Crippen LogP contribution is 2.29. The van der Waals surface area contributed by atoms with Crippen LogP contribution in [-0.2, 0) is 4.74 Å². The molecule has 0 radical (unpaired) electrons. The summed E-state index contributed by atoms with van der Waals surface area (Å²) in [4.78, 5) is 4.06. The summed E-state index contributed by atoms with van der Waals surface area (Å²) in [6, 6.07) is 3.83. The lowest BCUT2D eigenvalue weighted by molar-refractivity contribution is 0.0584. The summed E-state index contributed by atoms with van der Waals surface area (Å²) in [6.07, 6.45) is 3.71. The van der Waals surface area contributed by atoms with E-state index in [4.69, 9.17) is 16.2 Å². The largest absolute Gasteiger partial charge is 0.383 e. The Labute approximate surface area is 89.6 Å². The molecule has 0 unspecified atom stereocenters. The van der Waals surface area contributed by atoms with Crippen LogP contribution in [0.15, 0.2) is 18.3 Å². The summed E-state index contributed by atoms with van der Waals surface area (Å²) in [7, 11) is 0. The van der Waals surface area contributed by atoms with E-state index >= 15 is 0 Å². The Morgan fingerprint density at radius 1 is 1.40 bits per heavy atom. The summed E-state index contributed by atoms with van der Waals surface area (Å²) in [5.74, 6) is 1.02. The maximum atomic E-state index is 6.20. The smallest absolute Gasteiger partial charge is 0.128 e. The van der Waals surface area contributed by atoms with E-state index in [9.17, 15) is 0 Å². The normalized spacial score (nSPS) is 20.1. The number of nitrogens with zero attached hydrogens (tertiary/aromatic N) is 1. The summed E-state index contributed by atoms with van der Waals surface area (Å²) in [5.41, 5.74) is 13.0. The van der Waals surface area contributed by atoms with E-state index in [1.54, 1.807) is 6.20 Å². The number of hydrogen-bond acceptors (Lipinski definition) is 4. The molecule has 82 valence electrons. The molecule has 4 heteroatoms. The minimum atomic E-state index is -0.0115. The average molecular weight is 207 g/mol. The van der Waals surface area contributed by atoms with Gasteiger partial charge in [0.1, 0.15) is 5.82 Å². The third-order valence-corrected chi connectivity index (χ3v) is 3.00. The Balaban J connectivity index is 2.12. The van der Waals surface area contributed by atoms with E-state index in [0.29, 0.717) is 11.7 Å². The van der Waals surface area contributed by atoms with Crippen molar-refractivity contribution >= 4 is 5.82 Å². The van der Waals surface area contributed by atoms with Crippen molar-refractivity contribution in [2.24, 2.45) is 11.7 Å². The Kier molecular flexibility index (Phi) is 3.18. The predicted octanol–water partition coefficient (Wildman–Crippen LogP) is 1.09. The summed E-state index contributed by atoms with van der Waals surface area (Å²) < 4.78 is 5.31. The third-order valence-electron chi connectivity index (χ3n) is 3.00. The molecule has 4 N–H and O–H groups in total. The van der Waals surface area contributed by atoms with Gasteiger partial charge in [0, 0.05) is 31.0 Å². The van der Waals surface area contributed by atoms with Crippen LogP contribution in [0.1, 0.15) is 24.4 Å². The maximum absolute atomic E-state index is 6.20. The zero-order valence-electron chi connectivity index (χ0n) is 8.73. The number of nitrogens with two attached hydrogens (primary N) is 2. The maximum Gasteiger partial charge on any atom is 0.128 e. The number of anilines is 1. The second kappa shape index (κ2) is 4.59. The van der Waals surface area contributed by atoms with Gasteiger partial charge in [0.2, 0.25) is 0 Å². The SMILES string of the molecule is Nc1ncccc1[C@@H](N)C1CCOCC1. The van der Waals surface area contributed by atoms with Gasteiger partial charge in [-0.15, -0.1) is 0 Å². The van der Waals surface area contributed by atoms with Crippen LogP contribution >= 0.6 is 0 Å². The van der Waals surface area contributed by atoms with E-state index in [1.807, 2.05) is 12.1 Å². The lowest BCUT2D eigenvalue weighted by Gasteiger charge is -2.28. The fourth-order valence-corrected chi connectivity index (χ4v) is 2.04. The second-order valence-electron chi connectivity index (χ2n) is 3.95. The minimum absolute atomic E-state index is 0.0115. The van der Waals surface area contributed by atoms with Gasteiger partial charge < -0.3 is 16.2 Å². The Bertz CT molecular complexity index is 323. The number of ether oxygens (including phenoxy) is 1. The number of aromatic nitrogens is 1. The van der Waals surface area contributed by atoms with Gasteiger partial charge in [-0.2, -0.15) is 0 Å². The second-order valence-corrected chi connectivity index (χ2v) is 3.95. The Morgan fingerprint density at radius 3 is 2.80 bits per heavy atom. The van der Waals surface area contributed by atoms with Gasteiger partial charge >= 0.3 is 0 Å². The van der Waals surface area contributed by atoms with Crippen molar-refractivity contribution in [2.45, 2.75) is 18.9 Å². The highest BCUT2D eigenvalue weighted by molar-refractivity contribution is 5.40.